The van der Waals surface area contributed by atoms with Gasteiger partial charge in [0.2, 0.25) is 0 Å². The maximum Gasteiger partial charge on any atom is 0.266 e. The zero-order chi connectivity index (χ0) is 24.4. The molecule has 4 aromatic rings. The van der Waals surface area contributed by atoms with Crippen molar-refractivity contribution in [3.05, 3.63) is 63.9 Å². The summed E-state index contributed by atoms with van der Waals surface area (Å²) in [6.07, 6.45) is 0. The molecule has 2 aromatic heterocycles. The molecule has 0 fully saturated rings. The van der Waals surface area contributed by atoms with E-state index in [0.29, 0.717) is 39.3 Å². The number of hydrogen-bond donors (Lipinski definition) is 0. The summed E-state index contributed by atoms with van der Waals surface area (Å²) in [6.45, 7) is 13.2. The molecule has 4 rings (SSSR count). The molecular weight excluding hydrogens is 468 g/mol. The first kappa shape index (κ1) is 24.4. The van der Waals surface area contributed by atoms with Crippen molar-refractivity contribution in [3.63, 3.8) is 0 Å². The number of anilines is 1. The summed E-state index contributed by atoms with van der Waals surface area (Å²) in [5.74, 6) is 0.273. The van der Waals surface area contributed by atoms with Crippen molar-refractivity contribution < 1.29 is 9.32 Å². The lowest BCUT2D eigenvalue weighted by atomic mass is 10.1. The van der Waals surface area contributed by atoms with Crippen LogP contribution in [0.4, 0.5) is 5.13 Å². The average Bonchev–Trinajstić information content (AvgIpc) is 3.40. The van der Waals surface area contributed by atoms with Gasteiger partial charge in [0.15, 0.2) is 5.13 Å². The number of carbonyl (C=O) groups excluding carboxylic acids is 1. The number of aryl methyl sites for hydroxylation is 3. The van der Waals surface area contributed by atoms with Gasteiger partial charge in [0.1, 0.15) is 17.0 Å². The molecule has 2 aromatic carbocycles. The Kier molecular flexibility index (Phi) is 7.36. The smallest absolute Gasteiger partial charge is 0.266 e. The third kappa shape index (κ3) is 4.73. The second-order valence-corrected chi connectivity index (χ2v) is 9.74. The molecule has 0 bridgehead atoms. The molecule has 0 aliphatic rings. The summed E-state index contributed by atoms with van der Waals surface area (Å²) in [5, 5.41) is 5.40. The highest BCUT2D eigenvalue weighted by Crippen LogP contribution is 2.36. The van der Waals surface area contributed by atoms with E-state index in [1.165, 1.54) is 0 Å². The average molecular weight is 497 g/mol. The van der Waals surface area contributed by atoms with Gasteiger partial charge in [-0.3, -0.25) is 9.69 Å². The van der Waals surface area contributed by atoms with E-state index in [1.54, 1.807) is 29.2 Å². The molecule has 8 heteroatoms. The molecule has 0 aliphatic heterocycles. The fraction of sp³-hybridized carbons (Fsp3) is 0.346. The third-order valence-corrected chi connectivity index (χ3v) is 7.58. The van der Waals surface area contributed by atoms with Crippen LogP contribution in [0.25, 0.3) is 21.5 Å². The first-order chi connectivity index (χ1) is 16.3. The van der Waals surface area contributed by atoms with Crippen LogP contribution in [0.1, 0.15) is 41.1 Å². The molecule has 0 spiro atoms. The van der Waals surface area contributed by atoms with Gasteiger partial charge >= 0.3 is 0 Å². The lowest BCUT2D eigenvalue weighted by Gasteiger charge is -2.24. The molecular formula is C26H29ClN4O2S. The number of rotatable bonds is 8. The Morgan fingerprint density at radius 1 is 1.09 bits per heavy atom. The maximum atomic E-state index is 14.1. The first-order valence-corrected chi connectivity index (χ1v) is 12.7. The lowest BCUT2D eigenvalue weighted by molar-refractivity contribution is 0.0983. The SMILES string of the molecule is CCN(CC)CCN(C(=O)c1c(-c2ccccc2Cl)noc1C)c1nc2cc(C)cc(C)c2s1. The normalized spacial score (nSPS) is 11.5. The molecule has 34 heavy (non-hydrogen) atoms. The van der Waals surface area contributed by atoms with Crippen molar-refractivity contribution in [2.75, 3.05) is 31.1 Å². The number of thiazole rings is 1. The number of fused-ring (bicyclic) bond motifs is 1. The van der Waals surface area contributed by atoms with Gasteiger partial charge in [0.05, 0.1) is 15.2 Å². The Labute approximate surface area is 209 Å². The molecule has 178 valence electrons. The number of likely N-dealkylation sites (N-methyl/N-ethyl adjacent to an activating group) is 1. The summed E-state index contributed by atoms with van der Waals surface area (Å²) in [4.78, 5) is 23.0. The van der Waals surface area contributed by atoms with Crippen LogP contribution in [-0.4, -0.2) is 47.1 Å². The third-order valence-electron chi connectivity index (χ3n) is 6.02. The molecule has 0 saturated carbocycles. The second-order valence-electron chi connectivity index (χ2n) is 8.35. The standard InChI is InChI=1S/C26H29ClN4O2S/c1-6-30(7-2)12-13-31(26-28-21-15-16(3)14-17(4)24(21)34-26)25(32)22-18(5)33-29-23(22)19-10-8-9-11-20(19)27/h8-11,14-15H,6-7,12-13H2,1-5H3. The number of aromatic nitrogens is 2. The van der Waals surface area contributed by atoms with Crippen molar-refractivity contribution >= 4 is 44.2 Å². The van der Waals surface area contributed by atoms with Crippen LogP contribution in [0.15, 0.2) is 40.9 Å². The Balaban J connectivity index is 1.81. The van der Waals surface area contributed by atoms with Gasteiger partial charge in [0, 0.05) is 18.7 Å². The summed E-state index contributed by atoms with van der Waals surface area (Å²) in [6, 6.07) is 11.6. The van der Waals surface area contributed by atoms with Crippen molar-refractivity contribution in [3.8, 4) is 11.3 Å². The van der Waals surface area contributed by atoms with Crippen LogP contribution in [-0.2, 0) is 0 Å². The fourth-order valence-electron chi connectivity index (χ4n) is 4.14. The number of carbonyl (C=O) groups is 1. The summed E-state index contributed by atoms with van der Waals surface area (Å²) in [7, 11) is 0. The van der Waals surface area contributed by atoms with Gasteiger partial charge in [0.25, 0.3) is 5.91 Å². The summed E-state index contributed by atoms with van der Waals surface area (Å²) in [5.41, 5.74) is 4.76. The van der Waals surface area contributed by atoms with Crippen molar-refractivity contribution in [1.29, 1.82) is 0 Å². The second kappa shape index (κ2) is 10.3. The van der Waals surface area contributed by atoms with E-state index in [2.05, 4.69) is 49.9 Å². The quantitative estimate of drug-likeness (QED) is 0.278. The van der Waals surface area contributed by atoms with Crippen molar-refractivity contribution in [2.24, 2.45) is 0 Å². The zero-order valence-corrected chi connectivity index (χ0v) is 21.8. The minimum Gasteiger partial charge on any atom is -0.360 e. The Morgan fingerprint density at radius 3 is 2.53 bits per heavy atom. The van der Waals surface area contributed by atoms with Gasteiger partial charge in [-0.25, -0.2) is 4.98 Å². The Hall–Kier alpha value is -2.74. The molecule has 0 saturated heterocycles. The maximum absolute atomic E-state index is 14.1. The monoisotopic (exact) mass is 496 g/mol. The van der Waals surface area contributed by atoms with Crippen LogP contribution in [0, 0.1) is 20.8 Å². The number of amides is 1. The minimum atomic E-state index is -0.186. The van der Waals surface area contributed by atoms with Gasteiger partial charge in [-0.1, -0.05) is 66.2 Å². The highest BCUT2D eigenvalue weighted by Gasteiger charge is 2.30. The van der Waals surface area contributed by atoms with Crippen LogP contribution in [0.5, 0.6) is 0 Å². The number of benzene rings is 2. The van der Waals surface area contributed by atoms with E-state index < -0.39 is 0 Å². The van der Waals surface area contributed by atoms with Gasteiger partial charge in [-0.2, -0.15) is 0 Å². The molecule has 1 amide bonds. The van der Waals surface area contributed by atoms with Crippen LogP contribution < -0.4 is 4.90 Å². The van der Waals surface area contributed by atoms with Gasteiger partial charge in [-0.05, 0) is 57.1 Å². The van der Waals surface area contributed by atoms with Crippen LogP contribution >= 0.6 is 22.9 Å². The van der Waals surface area contributed by atoms with Gasteiger partial charge in [-0.15, -0.1) is 0 Å². The highest BCUT2D eigenvalue weighted by atomic mass is 35.5. The van der Waals surface area contributed by atoms with Crippen molar-refractivity contribution in [1.82, 2.24) is 15.0 Å². The highest BCUT2D eigenvalue weighted by molar-refractivity contribution is 7.22. The van der Waals surface area contributed by atoms with E-state index in [1.807, 2.05) is 18.2 Å². The van der Waals surface area contributed by atoms with E-state index in [0.717, 1.165) is 41.0 Å². The molecule has 0 radical (unpaired) electrons. The minimum absolute atomic E-state index is 0.186. The largest absolute Gasteiger partial charge is 0.360 e. The van der Waals surface area contributed by atoms with E-state index in [9.17, 15) is 4.79 Å². The van der Waals surface area contributed by atoms with Crippen LogP contribution in [0.2, 0.25) is 5.02 Å². The van der Waals surface area contributed by atoms with E-state index in [4.69, 9.17) is 21.1 Å². The Bertz CT molecular complexity index is 1330. The number of halogens is 1. The van der Waals surface area contributed by atoms with Crippen LogP contribution in [0.3, 0.4) is 0 Å². The predicted octanol–water partition coefficient (Wildman–Crippen LogP) is 6.52. The molecule has 0 aliphatic carbocycles. The molecule has 0 N–H and O–H groups in total. The molecule has 2 heterocycles. The molecule has 0 unspecified atom stereocenters. The number of hydrogen-bond acceptors (Lipinski definition) is 6. The van der Waals surface area contributed by atoms with E-state index >= 15 is 0 Å². The topological polar surface area (TPSA) is 62.5 Å². The molecule has 6 nitrogen and oxygen atoms in total. The Morgan fingerprint density at radius 2 is 1.82 bits per heavy atom. The zero-order valence-electron chi connectivity index (χ0n) is 20.2. The lowest BCUT2D eigenvalue weighted by Crippen LogP contribution is -2.39. The van der Waals surface area contributed by atoms with Crippen molar-refractivity contribution in [2.45, 2.75) is 34.6 Å². The summed E-state index contributed by atoms with van der Waals surface area (Å²) < 4.78 is 6.58. The molecule has 0 atom stereocenters. The first-order valence-electron chi connectivity index (χ1n) is 11.5. The van der Waals surface area contributed by atoms with Gasteiger partial charge < -0.3 is 9.42 Å². The fourth-order valence-corrected chi connectivity index (χ4v) is 5.41. The summed E-state index contributed by atoms with van der Waals surface area (Å²) >= 11 is 7.99. The predicted molar refractivity (Wildman–Crippen MR) is 140 cm³/mol. The number of nitrogens with zero attached hydrogens (tertiary/aromatic N) is 4. The van der Waals surface area contributed by atoms with E-state index in [-0.39, 0.29) is 5.91 Å².